The molecule has 0 bridgehead atoms. The van der Waals surface area contributed by atoms with Crippen LogP contribution < -0.4 is 5.73 Å². The molecule has 0 fully saturated rings. The fourth-order valence-electron chi connectivity index (χ4n) is 1.62. The predicted octanol–water partition coefficient (Wildman–Crippen LogP) is 2.42. The molecule has 2 N–H and O–H groups in total. The maximum atomic E-state index is 5.85. The van der Waals surface area contributed by atoms with Crippen molar-refractivity contribution in [2.24, 2.45) is 0 Å². The Morgan fingerprint density at radius 1 is 1.12 bits per heavy atom. The minimum Gasteiger partial charge on any atom is -0.399 e. The van der Waals surface area contributed by atoms with Gasteiger partial charge in [0.1, 0.15) is 0 Å². The highest BCUT2D eigenvalue weighted by molar-refractivity contribution is 5.46. The molecule has 0 aliphatic carbocycles. The summed E-state index contributed by atoms with van der Waals surface area (Å²) in [6.45, 7) is 1.27. The van der Waals surface area contributed by atoms with Crippen LogP contribution in [0.2, 0.25) is 0 Å². The summed E-state index contributed by atoms with van der Waals surface area (Å²) in [7, 11) is 0. The van der Waals surface area contributed by atoms with Crippen LogP contribution in [0.25, 0.3) is 0 Å². The van der Waals surface area contributed by atoms with Gasteiger partial charge in [-0.3, -0.25) is 4.98 Å². The van der Waals surface area contributed by atoms with E-state index in [4.69, 9.17) is 10.5 Å². The molecule has 1 aromatic heterocycles. The van der Waals surface area contributed by atoms with Crippen molar-refractivity contribution >= 4 is 5.69 Å². The largest absolute Gasteiger partial charge is 0.399 e. The molecule has 0 spiro atoms. The molecule has 0 radical (unpaired) electrons. The van der Waals surface area contributed by atoms with Gasteiger partial charge in [-0.15, -0.1) is 0 Å². The Balaban J connectivity index is 1.76. The van der Waals surface area contributed by atoms with E-state index in [0.29, 0.717) is 13.2 Å². The average Bonchev–Trinajstić information content (AvgIpc) is 2.38. The molecule has 0 amide bonds. The van der Waals surface area contributed by atoms with Crippen molar-refractivity contribution in [2.75, 3.05) is 12.3 Å². The molecule has 0 saturated heterocycles. The van der Waals surface area contributed by atoms with Crippen molar-refractivity contribution in [1.29, 1.82) is 0 Å². The number of benzene rings is 1. The zero-order valence-electron chi connectivity index (χ0n) is 9.67. The Morgan fingerprint density at radius 3 is 2.76 bits per heavy atom. The second-order valence-electron chi connectivity index (χ2n) is 3.86. The minimum absolute atomic E-state index is 0.598. The maximum Gasteiger partial charge on any atom is 0.0731 e. The monoisotopic (exact) mass is 228 g/mol. The van der Waals surface area contributed by atoms with Gasteiger partial charge in [-0.1, -0.05) is 24.3 Å². The molecule has 0 atom stereocenters. The number of para-hydroxylation sites is 1. The molecule has 17 heavy (non-hydrogen) atoms. The van der Waals surface area contributed by atoms with Crippen LogP contribution in [0.1, 0.15) is 11.1 Å². The third-order valence-corrected chi connectivity index (χ3v) is 2.56. The Labute approximate surface area is 101 Å². The standard InChI is InChI=1S/C14H16N2O/c15-14-6-2-1-5-13(14)7-9-17-11-12-4-3-8-16-10-12/h1-6,8,10H,7,9,11,15H2. The van der Waals surface area contributed by atoms with Gasteiger partial charge in [-0.05, 0) is 29.7 Å². The Morgan fingerprint density at radius 2 is 2.00 bits per heavy atom. The van der Waals surface area contributed by atoms with Crippen LogP contribution in [-0.4, -0.2) is 11.6 Å². The normalized spacial score (nSPS) is 10.4. The first-order valence-electron chi connectivity index (χ1n) is 5.66. The molecular weight excluding hydrogens is 212 g/mol. The molecule has 0 saturated carbocycles. The summed E-state index contributed by atoms with van der Waals surface area (Å²) < 4.78 is 5.58. The second kappa shape index (κ2) is 6.01. The number of aromatic nitrogens is 1. The van der Waals surface area contributed by atoms with E-state index in [1.54, 1.807) is 6.20 Å². The fourth-order valence-corrected chi connectivity index (χ4v) is 1.62. The van der Waals surface area contributed by atoms with Crippen molar-refractivity contribution in [2.45, 2.75) is 13.0 Å². The Hall–Kier alpha value is -1.87. The SMILES string of the molecule is Nc1ccccc1CCOCc1cccnc1. The molecule has 3 nitrogen and oxygen atoms in total. The molecule has 3 heteroatoms. The first kappa shape index (κ1) is 11.6. The van der Waals surface area contributed by atoms with E-state index < -0.39 is 0 Å². The van der Waals surface area contributed by atoms with Gasteiger partial charge in [0.2, 0.25) is 0 Å². The molecule has 1 heterocycles. The number of anilines is 1. The number of nitrogens with two attached hydrogens (primary N) is 1. The summed E-state index contributed by atoms with van der Waals surface area (Å²) in [6, 6.07) is 11.8. The van der Waals surface area contributed by atoms with E-state index in [2.05, 4.69) is 4.98 Å². The van der Waals surface area contributed by atoms with E-state index in [1.165, 1.54) is 0 Å². The molecule has 1 aromatic carbocycles. The number of hydrogen-bond donors (Lipinski definition) is 1. The summed E-state index contributed by atoms with van der Waals surface area (Å²) in [5, 5.41) is 0. The highest BCUT2D eigenvalue weighted by atomic mass is 16.5. The molecule has 2 rings (SSSR count). The summed E-state index contributed by atoms with van der Waals surface area (Å²) in [4.78, 5) is 4.04. The fraction of sp³-hybridized carbons (Fsp3) is 0.214. The lowest BCUT2D eigenvalue weighted by Gasteiger charge is -2.06. The van der Waals surface area contributed by atoms with E-state index in [0.717, 1.165) is 23.2 Å². The second-order valence-corrected chi connectivity index (χ2v) is 3.86. The van der Waals surface area contributed by atoms with Gasteiger partial charge in [0.25, 0.3) is 0 Å². The first-order valence-corrected chi connectivity index (χ1v) is 5.66. The summed E-state index contributed by atoms with van der Waals surface area (Å²) >= 11 is 0. The molecule has 0 aliphatic rings. The molecule has 0 aliphatic heterocycles. The lowest BCUT2D eigenvalue weighted by atomic mass is 10.1. The van der Waals surface area contributed by atoms with Crippen molar-refractivity contribution in [1.82, 2.24) is 4.98 Å². The number of nitrogens with zero attached hydrogens (tertiary/aromatic N) is 1. The van der Waals surface area contributed by atoms with Crippen LogP contribution in [0.15, 0.2) is 48.8 Å². The minimum atomic E-state index is 0.598. The number of pyridine rings is 1. The lowest BCUT2D eigenvalue weighted by Crippen LogP contribution is -2.01. The molecule has 88 valence electrons. The predicted molar refractivity (Wildman–Crippen MR) is 68.5 cm³/mol. The molecular formula is C14H16N2O. The van der Waals surface area contributed by atoms with Crippen molar-refractivity contribution in [3.8, 4) is 0 Å². The molecule has 0 unspecified atom stereocenters. The highest BCUT2D eigenvalue weighted by Gasteiger charge is 1.98. The van der Waals surface area contributed by atoms with Gasteiger partial charge in [0.05, 0.1) is 13.2 Å². The highest BCUT2D eigenvalue weighted by Crippen LogP contribution is 2.11. The van der Waals surface area contributed by atoms with E-state index in [-0.39, 0.29) is 0 Å². The third kappa shape index (κ3) is 3.57. The van der Waals surface area contributed by atoms with Crippen LogP contribution in [0, 0.1) is 0 Å². The summed E-state index contributed by atoms with van der Waals surface area (Å²) in [6.07, 6.45) is 4.41. The third-order valence-electron chi connectivity index (χ3n) is 2.56. The van der Waals surface area contributed by atoms with Gasteiger partial charge < -0.3 is 10.5 Å². The van der Waals surface area contributed by atoms with Crippen LogP contribution in [0.3, 0.4) is 0 Å². The topological polar surface area (TPSA) is 48.1 Å². The number of ether oxygens (including phenoxy) is 1. The van der Waals surface area contributed by atoms with Gasteiger partial charge in [-0.2, -0.15) is 0 Å². The van der Waals surface area contributed by atoms with E-state index >= 15 is 0 Å². The summed E-state index contributed by atoms with van der Waals surface area (Å²) in [5.41, 5.74) is 8.91. The van der Waals surface area contributed by atoms with Gasteiger partial charge in [-0.25, -0.2) is 0 Å². The lowest BCUT2D eigenvalue weighted by molar-refractivity contribution is 0.123. The van der Waals surface area contributed by atoms with Gasteiger partial charge in [0, 0.05) is 18.1 Å². The van der Waals surface area contributed by atoms with Crippen LogP contribution in [0.5, 0.6) is 0 Å². The van der Waals surface area contributed by atoms with Crippen molar-refractivity contribution in [3.63, 3.8) is 0 Å². The van der Waals surface area contributed by atoms with Crippen LogP contribution in [-0.2, 0) is 17.8 Å². The zero-order valence-corrected chi connectivity index (χ0v) is 9.67. The quantitative estimate of drug-likeness (QED) is 0.631. The smallest absolute Gasteiger partial charge is 0.0731 e. The van der Waals surface area contributed by atoms with Crippen LogP contribution >= 0.6 is 0 Å². The average molecular weight is 228 g/mol. The van der Waals surface area contributed by atoms with Crippen molar-refractivity contribution in [3.05, 3.63) is 59.9 Å². The molecule has 2 aromatic rings. The number of rotatable bonds is 5. The Kier molecular flexibility index (Phi) is 4.11. The number of nitrogen functional groups attached to an aromatic ring is 1. The summed E-state index contributed by atoms with van der Waals surface area (Å²) in [5.74, 6) is 0. The zero-order chi connectivity index (χ0) is 11.9. The number of hydrogen-bond acceptors (Lipinski definition) is 3. The van der Waals surface area contributed by atoms with Gasteiger partial charge in [0.15, 0.2) is 0 Å². The maximum absolute atomic E-state index is 5.85. The van der Waals surface area contributed by atoms with Crippen LogP contribution in [0.4, 0.5) is 5.69 Å². The van der Waals surface area contributed by atoms with Gasteiger partial charge >= 0.3 is 0 Å². The van der Waals surface area contributed by atoms with Crippen molar-refractivity contribution < 1.29 is 4.74 Å². The Bertz CT molecular complexity index is 457. The first-order chi connectivity index (χ1) is 8.36. The van der Waals surface area contributed by atoms with E-state index in [9.17, 15) is 0 Å². The van der Waals surface area contributed by atoms with E-state index in [1.807, 2.05) is 42.6 Å².